The summed E-state index contributed by atoms with van der Waals surface area (Å²) in [6.45, 7) is 0.574. The second-order valence-electron chi connectivity index (χ2n) is 4.36. The van der Waals surface area contributed by atoms with Gasteiger partial charge in [0.15, 0.2) is 0 Å². The lowest BCUT2D eigenvalue weighted by Crippen LogP contribution is -2.18. The third-order valence-corrected chi connectivity index (χ3v) is 3.02. The summed E-state index contributed by atoms with van der Waals surface area (Å²) >= 11 is 0. The van der Waals surface area contributed by atoms with E-state index < -0.39 is 0 Å². The first-order valence-corrected chi connectivity index (χ1v) is 5.84. The summed E-state index contributed by atoms with van der Waals surface area (Å²) in [7, 11) is 0. The molecule has 0 radical (unpaired) electrons. The van der Waals surface area contributed by atoms with E-state index in [9.17, 15) is 4.39 Å². The van der Waals surface area contributed by atoms with Crippen molar-refractivity contribution in [2.45, 2.75) is 25.4 Å². The number of benzene rings is 1. The van der Waals surface area contributed by atoms with Gasteiger partial charge in [-0.3, -0.25) is 0 Å². The maximum absolute atomic E-state index is 13.8. The van der Waals surface area contributed by atoms with E-state index in [2.05, 4.69) is 10.3 Å². The Morgan fingerprint density at radius 2 is 2.29 bits per heavy atom. The summed E-state index contributed by atoms with van der Waals surface area (Å²) in [5.74, 6) is -0.163. The zero-order valence-electron chi connectivity index (χ0n) is 9.44. The number of hydrogen-bond acceptors (Lipinski definition) is 2. The molecule has 1 saturated carbocycles. The molecule has 0 bridgehead atoms. The standard InChI is InChI=1S/C13H14FN3/c14-12-2-1-3-13(17-7-6-15-9-17)11(12)8-16-10-4-5-10/h1-3,6-7,9-10,16H,4-5,8H2. The maximum atomic E-state index is 13.8. The average molecular weight is 231 g/mol. The van der Waals surface area contributed by atoms with Gasteiger partial charge in [-0.25, -0.2) is 9.37 Å². The Balaban J connectivity index is 1.92. The number of hydrogen-bond donors (Lipinski definition) is 1. The van der Waals surface area contributed by atoms with Gasteiger partial charge < -0.3 is 9.88 Å². The highest BCUT2D eigenvalue weighted by Crippen LogP contribution is 2.22. The molecule has 17 heavy (non-hydrogen) atoms. The first-order chi connectivity index (χ1) is 8.34. The zero-order chi connectivity index (χ0) is 11.7. The Bertz CT molecular complexity index is 503. The highest BCUT2D eigenvalue weighted by Gasteiger charge is 2.21. The van der Waals surface area contributed by atoms with Gasteiger partial charge in [0.1, 0.15) is 5.82 Å². The van der Waals surface area contributed by atoms with E-state index in [1.54, 1.807) is 18.6 Å². The molecule has 1 N–H and O–H groups in total. The summed E-state index contributed by atoms with van der Waals surface area (Å²) in [5, 5.41) is 3.34. The van der Waals surface area contributed by atoms with Crippen molar-refractivity contribution in [3.05, 3.63) is 48.3 Å². The molecule has 0 unspecified atom stereocenters. The number of nitrogens with zero attached hydrogens (tertiary/aromatic N) is 2. The Morgan fingerprint density at radius 3 is 3.00 bits per heavy atom. The molecule has 1 aromatic carbocycles. The van der Waals surface area contributed by atoms with Crippen molar-refractivity contribution in [3.8, 4) is 5.69 Å². The van der Waals surface area contributed by atoms with Crippen LogP contribution in [0.15, 0.2) is 36.9 Å². The smallest absolute Gasteiger partial charge is 0.129 e. The number of imidazole rings is 1. The molecule has 1 heterocycles. The average Bonchev–Trinajstić information content (AvgIpc) is 3.00. The Hall–Kier alpha value is -1.68. The Kier molecular flexibility index (Phi) is 2.65. The number of halogens is 1. The van der Waals surface area contributed by atoms with Crippen molar-refractivity contribution in [2.24, 2.45) is 0 Å². The molecule has 3 nitrogen and oxygen atoms in total. The van der Waals surface area contributed by atoms with Gasteiger partial charge in [-0.2, -0.15) is 0 Å². The van der Waals surface area contributed by atoms with Crippen LogP contribution in [0.2, 0.25) is 0 Å². The van der Waals surface area contributed by atoms with Crippen molar-refractivity contribution >= 4 is 0 Å². The third-order valence-electron chi connectivity index (χ3n) is 3.02. The van der Waals surface area contributed by atoms with Gasteiger partial charge in [0, 0.05) is 30.5 Å². The van der Waals surface area contributed by atoms with Crippen LogP contribution in [0.1, 0.15) is 18.4 Å². The molecule has 2 aromatic rings. The predicted octanol–water partition coefficient (Wildman–Crippen LogP) is 2.26. The first kappa shape index (κ1) is 10.5. The largest absolute Gasteiger partial charge is 0.310 e. The fourth-order valence-electron chi connectivity index (χ4n) is 1.90. The van der Waals surface area contributed by atoms with Crippen LogP contribution in [0, 0.1) is 5.82 Å². The first-order valence-electron chi connectivity index (χ1n) is 5.84. The van der Waals surface area contributed by atoms with E-state index in [0.717, 1.165) is 5.69 Å². The molecule has 0 saturated heterocycles. The van der Waals surface area contributed by atoms with Crippen LogP contribution < -0.4 is 5.32 Å². The van der Waals surface area contributed by atoms with Gasteiger partial charge in [0.2, 0.25) is 0 Å². The third kappa shape index (κ3) is 2.22. The summed E-state index contributed by atoms with van der Waals surface area (Å²) in [6, 6.07) is 5.72. The highest BCUT2D eigenvalue weighted by atomic mass is 19.1. The minimum atomic E-state index is -0.163. The van der Waals surface area contributed by atoms with Gasteiger partial charge in [-0.15, -0.1) is 0 Å². The molecular formula is C13H14FN3. The van der Waals surface area contributed by atoms with Gasteiger partial charge >= 0.3 is 0 Å². The molecule has 0 spiro atoms. The second-order valence-corrected chi connectivity index (χ2v) is 4.36. The monoisotopic (exact) mass is 231 g/mol. The van der Waals surface area contributed by atoms with Crippen LogP contribution in [0.4, 0.5) is 4.39 Å². The summed E-state index contributed by atoms with van der Waals surface area (Å²) in [5.41, 5.74) is 1.56. The van der Waals surface area contributed by atoms with Gasteiger partial charge in [0.25, 0.3) is 0 Å². The summed E-state index contributed by atoms with van der Waals surface area (Å²) in [6.07, 6.45) is 7.62. The normalized spacial score (nSPS) is 15.1. The van der Waals surface area contributed by atoms with Crippen LogP contribution in [0.3, 0.4) is 0 Å². The molecule has 4 heteroatoms. The minimum absolute atomic E-state index is 0.163. The van der Waals surface area contributed by atoms with E-state index in [0.29, 0.717) is 18.2 Å². The van der Waals surface area contributed by atoms with Gasteiger partial charge in [0.05, 0.1) is 12.0 Å². The minimum Gasteiger partial charge on any atom is -0.310 e. The Labute approximate surface area is 99.3 Å². The van der Waals surface area contributed by atoms with Crippen molar-refractivity contribution in [3.63, 3.8) is 0 Å². The molecule has 88 valence electrons. The topological polar surface area (TPSA) is 29.9 Å². The fraction of sp³-hybridized carbons (Fsp3) is 0.308. The second kappa shape index (κ2) is 4.30. The van der Waals surface area contributed by atoms with Crippen molar-refractivity contribution in [1.82, 2.24) is 14.9 Å². The van der Waals surface area contributed by atoms with E-state index in [4.69, 9.17) is 0 Å². The number of nitrogens with one attached hydrogen (secondary N) is 1. The van der Waals surface area contributed by atoms with Crippen molar-refractivity contribution in [1.29, 1.82) is 0 Å². The molecule has 1 fully saturated rings. The molecule has 1 aromatic heterocycles. The Morgan fingerprint density at radius 1 is 1.41 bits per heavy atom. The lowest BCUT2D eigenvalue weighted by atomic mass is 10.1. The molecule has 1 aliphatic carbocycles. The molecule has 0 amide bonds. The lowest BCUT2D eigenvalue weighted by Gasteiger charge is -2.11. The highest BCUT2D eigenvalue weighted by molar-refractivity contribution is 5.41. The number of rotatable bonds is 4. The van der Waals surface area contributed by atoms with Crippen LogP contribution in [-0.4, -0.2) is 15.6 Å². The van der Waals surface area contributed by atoms with Crippen molar-refractivity contribution in [2.75, 3.05) is 0 Å². The van der Waals surface area contributed by atoms with Crippen LogP contribution in [0.5, 0.6) is 0 Å². The van der Waals surface area contributed by atoms with E-state index in [-0.39, 0.29) is 5.82 Å². The molecular weight excluding hydrogens is 217 g/mol. The predicted molar refractivity (Wildman–Crippen MR) is 63.4 cm³/mol. The molecule has 0 atom stereocenters. The van der Waals surface area contributed by atoms with Crippen molar-refractivity contribution < 1.29 is 4.39 Å². The van der Waals surface area contributed by atoms with E-state index >= 15 is 0 Å². The molecule has 0 aliphatic heterocycles. The van der Waals surface area contributed by atoms with E-state index in [1.807, 2.05) is 16.8 Å². The van der Waals surface area contributed by atoms with Crippen LogP contribution in [-0.2, 0) is 6.54 Å². The van der Waals surface area contributed by atoms with Crippen LogP contribution >= 0.6 is 0 Å². The molecule has 3 rings (SSSR count). The SMILES string of the molecule is Fc1cccc(-n2ccnc2)c1CNC1CC1. The summed E-state index contributed by atoms with van der Waals surface area (Å²) < 4.78 is 15.7. The van der Waals surface area contributed by atoms with E-state index in [1.165, 1.54) is 18.9 Å². The maximum Gasteiger partial charge on any atom is 0.129 e. The molecule has 1 aliphatic rings. The quantitative estimate of drug-likeness (QED) is 0.874. The fourth-order valence-corrected chi connectivity index (χ4v) is 1.90. The van der Waals surface area contributed by atoms with Crippen LogP contribution in [0.25, 0.3) is 5.69 Å². The van der Waals surface area contributed by atoms with Gasteiger partial charge in [-0.05, 0) is 25.0 Å². The summed E-state index contributed by atoms with van der Waals surface area (Å²) in [4.78, 5) is 4.00. The van der Waals surface area contributed by atoms with Gasteiger partial charge in [-0.1, -0.05) is 6.07 Å². The number of aromatic nitrogens is 2. The zero-order valence-corrected chi connectivity index (χ0v) is 9.44. The lowest BCUT2D eigenvalue weighted by molar-refractivity contribution is 0.584.